The minimum Gasteiger partial charge on any atom is -0.384 e. The molecule has 24 heavy (non-hydrogen) atoms. The highest BCUT2D eigenvalue weighted by atomic mass is 32.1. The molecule has 0 aliphatic rings. The van der Waals surface area contributed by atoms with Crippen molar-refractivity contribution in [2.75, 3.05) is 11.9 Å². The average molecular weight is 346 g/mol. The monoisotopic (exact) mass is 346 g/mol. The molecule has 0 aliphatic heterocycles. The van der Waals surface area contributed by atoms with Gasteiger partial charge in [-0.25, -0.2) is 0 Å². The number of aliphatic hydroxyl groups is 1. The number of carbonyl (C=O) groups is 2. The Morgan fingerprint density at radius 1 is 1.21 bits per heavy atom. The lowest BCUT2D eigenvalue weighted by molar-refractivity contribution is -0.136. The molecule has 0 radical (unpaired) electrons. The lowest BCUT2D eigenvalue weighted by atomic mass is 9.99. The number of hydrogen-bond donors (Lipinski definition) is 3. The van der Waals surface area contributed by atoms with Crippen LogP contribution in [0.25, 0.3) is 0 Å². The second kappa shape index (κ2) is 7.59. The largest absolute Gasteiger partial charge is 0.384 e. The van der Waals surface area contributed by atoms with Gasteiger partial charge in [0, 0.05) is 5.69 Å². The summed E-state index contributed by atoms with van der Waals surface area (Å²) in [5.74, 6) is -1.29. The van der Waals surface area contributed by atoms with Gasteiger partial charge < -0.3 is 15.7 Å². The number of thiophene rings is 1. The van der Waals surface area contributed by atoms with Crippen LogP contribution < -0.4 is 10.6 Å². The van der Waals surface area contributed by atoms with Crippen molar-refractivity contribution < 1.29 is 14.7 Å². The van der Waals surface area contributed by atoms with E-state index in [0.717, 1.165) is 5.56 Å². The van der Waals surface area contributed by atoms with Crippen LogP contribution in [-0.4, -0.2) is 23.5 Å². The summed E-state index contributed by atoms with van der Waals surface area (Å²) >= 11 is 1.46. The first kappa shape index (κ1) is 18.2. The zero-order valence-corrected chi connectivity index (χ0v) is 14.8. The summed E-state index contributed by atoms with van der Waals surface area (Å²) < 4.78 is 0. The predicted octanol–water partition coefficient (Wildman–Crippen LogP) is 2.83. The van der Waals surface area contributed by atoms with E-state index >= 15 is 0 Å². The van der Waals surface area contributed by atoms with Gasteiger partial charge in [-0.3, -0.25) is 9.59 Å². The molecule has 1 aromatic heterocycles. The van der Waals surface area contributed by atoms with Crippen molar-refractivity contribution in [2.45, 2.75) is 32.3 Å². The van der Waals surface area contributed by atoms with Gasteiger partial charge in [0.05, 0.1) is 6.54 Å². The van der Waals surface area contributed by atoms with Gasteiger partial charge in [0.15, 0.2) is 0 Å². The lowest BCUT2D eigenvalue weighted by Gasteiger charge is -2.22. The van der Waals surface area contributed by atoms with Crippen molar-refractivity contribution in [1.82, 2.24) is 5.32 Å². The van der Waals surface area contributed by atoms with Crippen LogP contribution in [0.2, 0.25) is 0 Å². The van der Waals surface area contributed by atoms with Crippen LogP contribution in [0, 0.1) is 0 Å². The quantitative estimate of drug-likeness (QED) is 0.729. The number of benzene rings is 1. The fourth-order valence-electron chi connectivity index (χ4n) is 2.30. The number of carbonyl (C=O) groups excluding carboxylic acids is 2. The average Bonchev–Trinajstić information content (AvgIpc) is 3.08. The molecule has 6 heteroatoms. The molecule has 1 atom stereocenters. The highest BCUT2D eigenvalue weighted by molar-refractivity contribution is 7.08. The number of para-hydroxylation sites is 1. The first-order valence-electron chi connectivity index (χ1n) is 7.74. The Labute approximate surface area is 145 Å². The van der Waals surface area contributed by atoms with E-state index in [9.17, 15) is 14.7 Å². The summed E-state index contributed by atoms with van der Waals surface area (Å²) in [5, 5.41) is 19.1. The molecule has 2 amide bonds. The van der Waals surface area contributed by atoms with Crippen LogP contribution >= 0.6 is 11.3 Å². The summed E-state index contributed by atoms with van der Waals surface area (Å²) in [5.41, 5.74) is 1.07. The molecule has 2 rings (SSSR count). The van der Waals surface area contributed by atoms with Gasteiger partial charge in [-0.1, -0.05) is 32.0 Å². The van der Waals surface area contributed by atoms with Crippen LogP contribution in [0.4, 0.5) is 5.69 Å². The van der Waals surface area contributed by atoms with Crippen molar-refractivity contribution in [1.29, 1.82) is 0 Å². The lowest BCUT2D eigenvalue weighted by Crippen LogP contribution is -2.43. The van der Waals surface area contributed by atoms with Crippen LogP contribution in [-0.2, 0) is 15.2 Å². The summed E-state index contributed by atoms with van der Waals surface area (Å²) in [6.45, 7) is 5.59. The van der Waals surface area contributed by atoms with Crippen molar-refractivity contribution >= 4 is 28.8 Å². The summed E-state index contributed by atoms with van der Waals surface area (Å²) in [6, 6.07) is 9.17. The summed E-state index contributed by atoms with van der Waals surface area (Å²) in [6.07, 6.45) is 0. The van der Waals surface area contributed by atoms with E-state index < -0.39 is 17.4 Å². The summed E-state index contributed by atoms with van der Waals surface area (Å²) in [7, 11) is 0. The molecule has 0 saturated carbocycles. The standard InChI is InChI=1S/C18H22N2O3S/c1-12(2)14-6-4-5-7-15(14)20-17(22)16(21)19-11-18(3,23)13-8-9-24-10-13/h4-10,12,23H,11H2,1-3H3,(H,19,21)(H,20,22). The molecule has 0 aliphatic carbocycles. The normalized spacial score (nSPS) is 13.4. The van der Waals surface area contributed by atoms with E-state index in [0.29, 0.717) is 11.3 Å². The third-order valence-corrected chi connectivity index (χ3v) is 4.46. The molecular weight excluding hydrogens is 324 g/mol. The highest BCUT2D eigenvalue weighted by Crippen LogP contribution is 2.24. The fourth-order valence-corrected chi connectivity index (χ4v) is 3.08. The van der Waals surface area contributed by atoms with Gasteiger partial charge in [0.25, 0.3) is 0 Å². The number of amides is 2. The highest BCUT2D eigenvalue weighted by Gasteiger charge is 2.26. The zero-order chi connectivity index (χ0) is 17.7. The van der Waals surface area contributed by atoms with Crippen molar-refractivity contribution in [2.24, 2.45) is 0 Å². The zero-order valence-electron chi connectivity index (χ0n) is 14.0. The second-order valence-corrected chi connectivity index (χ2v) is 6.94. The smallest absolute Gasteiger partial charge is 0.313 e. The van der Waals surface area contributed by atoms with Crippen molar-refractivity contribution in [3.05, 3.63) is 52.2 Å². The predicted molar refractivity (Wildman–Crippen MR) is 96.1 cm³/mol. The molecule has 1 heterocycles. The van der Waals surface area contributed by atoms with Gasteiger partial charge in [0.1, 0.15) is 5.60 Å². The number of hydrogen-bond acceptors (Lipinski definition) is 4. The molecule has 0 bridgehead atoms. The Bertz CT molecular complexity index is 709. The van der Waals surface area contributed by atoms with Crippen molar-refractivity contribution in [3.8, 4) is 0 Å². The van der Waals surface area contributed by atoms with Crippen LogP contribution in [0.3, 0.4) is 0 Å². The second-order valence-electron chi connectivity index (χ2n) is 6.16. The molecule has 0 saturated heterocycles. The van der Waals surface area contributed by atoms with Crippen LogP contribution in [0.1, 0.15) is 37.8 Å². The summed E-state index contributed by atoms with van der Waals surface area (Å²) in [4.78, 5) is 24.1. The number of nitrogens with one attached hydrogen (secondary N) is 2. The minimum atomic E-state index is -1.22. The molecule has 128 valence electrons. The Hall–Kier alpha value is -2.18. The number of rotatable bonds is 5. The van der Waals surface area contributed by atoms with Crippen LogP contribution in [0.5, 0.6) is 0 Å². The van der Waals surface area contributed by atoms with Gasteiger partial charge >= 0.3 is 11.8 Å². The Morgan fingerprint density at radius 3 is 2.54 bits per heavy atom. The maximum atomic E-state index is 12.1. The maximum Gasteiger partial charge on any atom is 0.313 e. The molecule has 1 unspecified atom stereocenters. The topological polar surface area (TPSA) is 78.4 Å². The van der Waals surface area contributed by atoms with E-state index in [1.54, 1.807) is 25.1 Å². The molecular formula is C18H22N2O3S. The molecule has 3 N–H and O–H groups in total. The van der Waals surface area contributed by atoms with Crippen LogP contribution in [0.15, 0.2) is 41.1 Å². The molecule has 5 nitrogen and oxygen atoms in total. The number of anilines is 1. The maximum absolute atomic E-state index is 12.1. The van der Waals surface area contributed by atoms with Gasteiger partial charge in [-0.2, -0.15) is 11.3 Å². The van der Waals surface area contributed by atoms with Gasteiger partial charge in [-0.05, 0) is 46.9 Å². The molecule has 1 aromatic carbocycles. The van der Waals surface area contributed by atoms with E-state index in [1.165, 1.54) is 11.3 Å². The first-order valence-corrected chi connectivity index (χ1v) is 8.68. The third-order valence-electron chi connectivity index (χ3n) is 3.77. The van der Waals surface area contributed by atoms with Gasteiger partial charge in [-0.15, -0.1) is 0 Å². The third kappa shape index (κ3) is 4.43. The Morgan fingerprint density at radius 2 is 1.92 bits per heavy atom. The fraction of sp³-hybridized carbons (Fsp3) is 0.333. The van der Waals surface area contributed by atoms with E-state index in [2.05, 4.69) is 10.6 Å². The van der Waals surface area contributed by atoms with E-state index in [-0.39, 0.29) is 12.5 Å². The minimum absolute atomic E-state index is 0.0399. The molecule has 2 aromatic rings. The Kier molecular flexibility index (Phi) is 5.75. The SMILES string of the molecule is CC(C)c1ccccc1NC(=O)C(=O)NCC(C)(O)c1ccsc1. The first-order chi connectivity index (χ1) is 11.3. The molecule has 0 fully saturated rings. The van der Waals surface area contributed by atoms with E-state index in [1.807, 2.05) is 36.7 Å². The molecule has 0 spiro atoms. The van der Waals surface area contributed by atoms with Crippen molar-refractivity contribution in [3.63, 3.8) is 0 Å². The van der Waals surface area contributed by atoms with E-state index in [4.69, 9.17) is 0 Å². The van der Waals surface area contributed by atoms with Gasteiger partial charge in [0.2, 0.25) is 0 Å². The Balaban J connectivity index is 1.97.